The summed E-state index contributed by atoms with van der Waals surface area (Å²) in [4.78, 5) is 25.9. The Morgan fingerprint density at radius 3 is 2.60 bits per heavy atom. The molecule has 6 nitrogen and oxygen atoms in total. The van der Waals surface area contributed by atoms with Crippen LogP contribution in [-0.2, 0) is 11.4 Å². The lowest BCUT2D eigenvalue weighted by Crippen LogP contribution is -2.44. The average Bonchev–Trinajstić information content (AvgIpc) is 3.11. The molecule has 0 aromatic heterocycles. The van der Waals surface area contributed by atoms with Gasteiger partial charge in [0.1, 0.15) is 6.61 Å². The molecule has 1 aliphatic heterocycles. The first kappa shape index (κ1) is 25.1. The number of nitrogens with one attached hydrogen (secondary N) is 1. The summed E-state index contributed by atoms with van der Waals surface area (Å²) in [5.74, 6) is 0.0310. The van der Waals surface area contributed by atoms with E-state index in [2.05, 4.69) is 5.43 Å². The van der Waals surface area contributed by atoms with Crippen molar-refractivity contribution in [3.05, 3.63) is 98.4 Å². The van der Waals surface area contributed by atoms with Crippen LogP contribution in [0.25, 0.3) is 6.08 Å². The fraction of sp³-hybridized carbons (Fsp3) is 0.0800. The Hall–Kier alpha value is -3.04. The van der Waals surface area contributed by atoms with Crippen molar-refractivity contribution < 1.29 is 19.1 Å². The molecule has 0 atom stereocenters. The van der Waals surface area contributed by atoms with E-state index in [9.17, 15) is 9.59 Å². The molecule has 0 aliphatic carbocycles. The van der Waals surface area contributed by atoms with Crippen LogP contribution in [0, 0.1) is 0 Å². The first-order valence-electron chi connectivity index (χ1n) is 10.2. The number of carbonyl (C=O) groups is 2. The van der Waals surface area contributed by atoms with E-state index < -0.39 is 11.8 Å². The van der Waals surface area contributed by atoms with Crippen molar-refractivity contribution in [3.8, 4) is 11.5 Å². The molecule has 4 rings (SSSR count). The van der Waals surface area contributed by atoms with Gasteiger partial charge in [-0.1, -0.05) is 71.4 Å². The van der Waals surface area contributed by atoms with E-state index in [0.29, 0.717) is 37.6 Å². The predicted molar refractivity (Wildman–Crippen MR) is 143 cm³/mol. The molecule has 0 unspecified atom stereocenters. The molecule has 1 N–H and O–H groups in total. The monoisotopic (exact) mass is 544 g/mol. The second-order valence-electron chi connectivity index (χ2n) is 7.23. The zero-order valence-corrected chi connectivity index (χ0v) is 21.4. The summed E-state index contributed by atoms with van der Waals surface area (Å²) in [7, 11) is 1.53. The van der Waals surface area contributed by atoms with Gasteiger partial charge in [-0.25, -0.2) is 0 Å². The number of halogens is 2. The van der Waals surface area contributed by atoms with Crippen LogP contribution in [0.4, 0.5) is 0 Å². The van der Waals surface area contributed by atoms with Crippen LogP contribution in [0.5, 0.6) is 11.5 Å². The summed E-state index contributed by atoms with van der Waals surface area (Å²) in [5, 5.41) is 2.07. The van der Waals surface area contributed by atoms with Gasteiger partial charge in [-0.3, -0.25) is 15.0 Å². The van der Waals surface area contributed by atoms with Crippen LogP contribution in [0.2, 0.25) is 10.0 Å². The quantitative estimate of drug-likeness (QED) is 0.285. The summed E-state index contributed by atoms with van der Waals surface area (Å²) >= 11 is 18.7. The number of nitrogens with zero attached hydrogens (tertiary/aromatic N) is 1. The maximum Gasteiger partial charge on any atom is 0.285 e. The van der Waals surface area contributed by atoms with Gasteiger partial charge in [-0.05, 0) is 48.6 Å². The second-order valence-corrected chi connectivity index (χ2v) is 9.75. The van der Waals surface area contributed by atoms with Gasteiger partial charge in [-0.2, -0.15) is 5.01 Å². The Morgan fingerprint density at radius 1 is 1.11 bits per heavy atom. The van der Waals surface area contributed by atoms with E-state index in [4.69, 9.17) is 44.9 Å². The number of methoxy groups -OCH3 is 1. The molecule has 0 saturated carbocycles. The molecule has 35 heavy (non-hydrogen) atoms. The van der Waals surface area contributed by atoms with Crippen molar-refractivity contribution in [2.24, 2.45) is 0 Å². The number of hydrogen-bond acceptors (Lipinski definition) is 6. The lowest BCUT2D eigenvalue weighted by atomic mass is 10.1. The molecule has 0 spiro atoms. The molecule has 1 saturated heterocycles. The van der Waals surface area contributed by atoms with E-state index in [-0.39, 0.29) is 10.9 Å². The van der Waals surface area contributed by atoms with E-state index in [1.165, 1.54) is 7.11 Å². The molecule has 178 valence electrons. The maximum atomic E-state index is 13.0. The molecule has 1 fully saturated rings. The zero-order valence-electron chi connectivity index (χ0n) is 18.3. The summed E-state index contributed by atoms with van der Waals surface area (Å²) in [6.07, 6.45) is 1.65. The van der Waals surface area contributed by atoms with Crippen molar-refractivity contribution in [1.29, 1.82) is 0 Å². The van der Waals surface area contributed by atoms with Gasteiger partial charge in [0.2, 0.25) is 0 Å². The van der Waals surface area contributed by atoms with Crippen LogP contribution in [-0.4, -0.2) is 28.3 Å². The summed E-state index contributed by atoms with van der Waals surface area (Å²) in [6.45, 7) is 0.158. The number of rotatable bonds is 7. The lowest BCUT2D eigenvalue weighted by Gasteiger charge is -2.16. The minimum absolute atomic E-state index is 0.158. The Morgan fingerprint density at radius 2 is 1.89 bits per heavy atom. The highest BCUT2D eigenvalue weighted by atomic mass is 35.5. The van der Waals surface area contributed by atoms with E-state index >= 15 is 0 Å². The maximum absolute atomic E-state index is 13.0. The first-order valence-corrected chi connectivity index (χ1v) is 12.2. The molecule has 10 heteroatoms. The van der Waals surface area contributed by atoms with Gasteiger partial charge < -0.3 is 9.47 Å². The Labute approximate surface area is 221 Å². The molecule has 2 amide bonds. The predicted octanol–water partition coefficient (Wildman–Crippen LogP) is 6.13. The highest BCUT2D eigenvalue weighted by Gasteiger charge is 2.34. The number of benzene rings is 3. The van der Waals surface area contributed by atoms with Crippen LogP contribution < -0.4 is 14.9 Å². The molecule has 0 radical (unpaired) electrons. The van der Waals surface area contributed by atoms with Crippen LogP contribution in [0.1, 0.15) is 21.5 Å². The molecular weight excluding hydrogens is 527 g/mol. The molecular formula is C25H18Cl2N2O4S2. The molecule has 3 aromatic carbocycles. The van der Waals surface area contributed by atoms with Crippen LogP contribution in [0.15, 0.2) is 71.6 Å². The minimum atomic E-state index is -0.446. The van der Waals surface area contributed by atoms with Gasteiger partial charge >= 0.3 is 0 Å². The minimum Gasteiger partial charge on any atom is -0.493 e. The smallest absolute Gasteiger partial charge is 0.285 e. The topological polar surface area (TPSA) is 67.9 Å². The average molecular weight is 545 g/mol. The van der Waals surface area contributed by atoms with E-state index in [1.807, 2.05) is 0 Å². The van der Waals surface area contributed by atoms with Crippen molar-refractivity contribution in [2.75, 3.05) is 7.11 Å². The Bertz CT molecular complexity index is 1330. The molecule has 3 aromatic rings. The Kier molecular flexibility index (Phi) is 7.97. The number of thioether (sulfide) groups is 1. The van der Waals surface area contributed by atoms with Gasteiger partial charge in [-0.15, -0.1) is 0 Å². The number of carbonyl (C=O) groups excluding carboxylic acids is 2. The highest BCUT2D eigenvalue weighted by Crippen LogP contribution is 2.38. The third-order valence-electron chi connectivity index (χ3n) is 4.95. The fourth-order valence-electron chi connectivity index (χ4n) is 3.21. The Balaban J connectivity index is 1.57. The SMILES string of the molecule is COc1cccc(/C=C2\SC(=S)N(NC(=O)c3ccccc3)C2=O)c1OCc1ccc(Cl)cc1Cl. The van der Waals surface area contributed by atoms with Gasteiger partial charge in [0.25, 0.3) is 11.8 Å². The van der Waals surface area contributed by atoms with E-state index in [1.54, 1.807) is 72.8 Å². The number of para-hydroxylation sites is 1. The second kappa shape index (κ2) is 11.1. The third kappa shape index (κ3) is 5.79. The van der Waals surface area contributed by atoms with Crippen LogP contribution in [0.3, 0.4) is 0 Å². The van der Waals surface area contributed by atoms with Crippen molar-refractivity contribution in [1.82, 2.24) is 10.4 Å². The fourth-order valence-corrected chi connectivity index (χ4v) is 4.84. The number of hydrazine groups is 1. The largest absolute Gasteiger partial charge is 0.493 e. The number of thiocarbonyl (C=S) groups is 1. The highest BCUT2D eigenvalue weighted by molar-refractivity contribution is 8.26. The normalized spacial score (nSPS) is 14.4. The molecule has 0 bridgehead atoms. The molecule has 1 aliphatic rings. The van der Waals surface area contributed by atoms with Gasteiger partial charge in [0, 0.05) is 26.7 Å². The molecule has 1 heterocycles. The van der Waals surface area contributed by atoms with Gasteiger partial charge in [0.15, 0.2) is 15.8 Å². The zero-order chi connectivity index (χ0) is 24.9. The summed E-state index contributed by atoms with van der Waals surface area (Å²) in [5.41, 5.74) is 4.32. The lowest BCUT2D eigenvalue weighted by molar-refractivity contribution is -0.123. The first-order chi connectivity index (χ1) is 16.9. The summed E-state index contributed by atoms with van der Waals surface area (Å²) in [6, 6.07) is 19.0. The van der Waals surface area contributed by atoms with Crippen molar-refractivity contribution >= 4 is 69.4 Å². The van der Waals surface area contributed by atoms with Crippen molar-refractivity contribution in [3.63, 3.8) is 0 Å². The number of amides is 2. The van der Waals surface area contributed by atoms with E-state index in [0.717, 1.165) is 22.3 Å². The standard InChI is InChI=1S/C25H18Cl2N2O4S2/c1-32-20-9-5-8-16(22(20)33-14-17-10-11-18(26)13-19(17)27)12-21-24(31)29(25(34)35-21)28-23(30)15-6-3-2-4-7-15/h2-13H,14H2,1H3,(H,28,30)/b21-12-. The van der Waals surface area contributed by atoms with Crippen molar-refractivity contribution in [2.45, 2.75) is 6.61 Å². The number of ether oxygens (including phenoxy) is 2. The number of hydrogen-bond donors (Lipinski definition) is 1. The van der Waals surface area contributed by atoms with Crippen LogP contribution >= 0.6 is 47.2 Å². The van der Waals surface area contributed by atoms with Gasteiger partial charge in [0.05, 0.1) is 12.0 Å². The third-order valence-corrected chi connectivity index (χ3v) is 6.84. The summed E-state index contributed by atoms with van der Waals surface area (Å²) < 4.78 is 11.7.